The lowest BCUT2D eigenvalue weighted by Crippen LogP contribution is -2.17. The molecule has 0 saturated carbocycles. The Morgan fingerprint density at radius 2 is 1.83 bits per heavy atom. The monoisotopic (exact) mass is 560 g/mol. The molecule has 4 aromatic rings. The van der Waals surface area contributed by atoms with Gasteiger partial charge in [-0.25, -0.2) is 4.98 Å². The molecule has 36 heavy (non-hydrogen) atoms. The third-order valence-electron chi connectivity index (χ3n) is 5.92. The van der Waals surface area contributed by atoms with Crippen LogP contribution in [0.1, 0.15) is 39.4 Å². The number of benzene rings is 2. The summed E-state index contributed by atoms with van der Waals surface area (Å²) in [5, 5.41) is 7.63. The van der Waals surface area contributed by atoms with Gasteiger partial charge >= 0.3 is 6.18 Å². The zero-order valence-electron chi connectivity index (χ0n) is 19.9. The molecule has 0 fully saturated rings. The van der Waals surface area contributed by atoms with Crippen LogP contribution in [0.25, 0.3) is 10.9 Å². The Morgan fingerprint density at radius 3 is 2.50 bits per heavy atom. The van der Waals surface area contributed by atoms with Gasteiger partial charge in [-0.2, -0.15) is 18.3 Å². The molecule has 4 rings (SSSR count). The number of carbonyl (C=O) groups is 1. The van der Waals surface area contributed by atoms with Crippen LogP contribution in [0.5, 0.6) is 5.75 Å². The number of halogens is 4. The van der Waals surface area contributed by atoms with Crippen LogP contribution < -0.4 is 10.1 Å². The second-order valence-corrected chi connectivity index (χ2v) is 9.30. The number of amides is 1. The lowest BCUT2D eigenvalue weighted by atomic mass is 10.1. The molecule has 0 atom stereocenters. The summed E-state index contributed by atoms with van der Waals surface area (Å²) in [6, 6.07) is 13.3. The van der Waals surface area contributed by atoms with Crippen LogP contribution in [0, 0.1) is 13.8 Å². The molecule has 2 heterocycles. The van der Waals surface area contributed by atoms with Crippen LogP contribution in [0.2, 0.25) is 0 Å². The molecule has 0 unspecified atom stereocenters. The molecule has 0 aliphatic rings. The maximum absolute atomic E-state index is 13.5. The first-order valence-corrected chi connectivity index (χ1v) is 12.0. The van der Waals surface area contributed by atoms with Crippen molar-refractivity contribution in [2.75, 3.05) is 12.4 Å². The molecule has 0 spiro atoms. The van der Waals surface area contributed by atoms with E-state index in [1.807, 2.05) is 31.2 Å². The van der Waals surface area contributed by atoms with Crippen molar-refractivity contribution in [1.29, 1.82) is 0 Å². The number of hydrogen-bond donors (Lipinski definition) is 1. The van der Waals surface area contributed by atoms with E-state index in [4.69, 9.17) is 4.74 Å². The van der Waals surface area contributed by atoms with E-state index >= 15 is 0 Å². The van der Waals surface area contributed by atoms with Gasteiger partial charge in [-0.1, -0.05) is 28.1 Å². The van der Waals surface area contributed by atoms with Crippen LogP contribution >= 0.6 is 15.9 Å². The number of rotatable bonds is 7. The van der Waals surface area contributed by atoms with E-state index in [0.717, 1.165) is 30.4 Å². The average Bonchev–Trinajstić information content (AvgIpc) is 3.10. The van der Waals surface area contributed by atoms with Crippen LogP contribution in [-0.2, 0) is 19.1 Å². The van der Waals surface area contributed by atoms with Crippen molar-refractivity contribution in [2.45, 2.75) is 39.4 Å². The van der Waals surface area contributed by atoms with Gasteiger partial charge in [0, 0.05) is 16.4 Å². The highest BCUT2D eigenvalue weighted by molar-refractivity contribution is 9.10. The lowest BCUT2D eigenvalue weighted by molar-refractivity contribution is -0.140. The summed E-state index contributed by atoms with van der Waals surface area (Å²) in [7, 11) is 1.62. The third-order valence-corrected chi connectivity index (χ3v) is 6.41. The fourth-order valence-electron chi connectivity index (χ4n) is 4.03. The largest absolute Gasteiger partial charge is 0.497 e. The number of aryl methyl sites for hydroxylation is 3. The predicted octanol–water partition coefficient (Wildman–Crippen LogP) is 6.72. The minimum Gasteiger partial charge on any atom is -0.497 e. The zero-order valence-corrected chi connectivity index (χ0v) is 21.5. The van der Waals surface area contributed by atoms with Gasteiger partial charge in [0.05, 0.1) is 35.3 Å². The van der Waals surface area contributed by atoms with Crippen LogP contribution in [0.3, 0.4) is 0 Å². The maximum atomic E-state index is 13.5. The Balaban J connectivity index is 1.55. The highest BCUT2D eigenvalue weighted by Gasteiger charge is 2.34. The molecular weight excluding hydrogens is 537 g/mol. The third kappa shape index (κ3) is 5.53. The van der Waals surface area contributed by atoms with Gasteiger partial charge in [0.25, 0.3) is 5.91 Å². The number of fused-ring (bicyclic) bond motifs is 1. The maximum Gasteiger partial charge on any atom is 0.433 e. The number of carbonyl (C=O) groups excluding carboxylic acids is 1. The molecule has 0 aliphatic heterocycles. The summed E-state index contributed by atoms with van der Waals surface area (Å²) >= 11 is 3.31. The van der Waals surface area contributed by atoms with Crippen molar-refractivity contribution in [1.82, 2.24) is 14.8 Å². The number of hydrogen-bond acceptors (Lipinski definition) is 4. The number of aromatic nitrogens is 3. The van der Waals surface area contributed by atoms with Gasteiger partial charge in [0.1, 0.15) is 11.4 Å². The molecule has 0 saturated heterocycles. The van der Waals surface area contributed by atoms with Crippen molar-refractivity contribution < 1.29 is 22.7 Å². The fraction of sp³-hybridized carbons (Fsp3) is 0.269. The van der Waals surface area contributed by atoms with Crippen LogP contribution in [0.4, 0.5) is 18.9 Å². The Morgan fingerprint density at radius 1 is 1.11 bits per heavy atom. The molecule has 0 radical (unpaired) electrons. The number of anilines is 1. The zero-order chi connectivity index (χ0) is 26.0. The van der Waals surface area contributed by atoms with E-state index in [-0.39, 0.29) is 11.1 Å². The second kappa shape index (κ2) is 10.3. The summed E-state index contributed by atoms with van der Waals surface area (Å²) in [4.78, 5) is 16.9. The first kappa shape index (κ1) is 25.7. The summed E-state index contributed by atoms with van der Waals surface area (Å²) in [5.41, 5.74) is 1.82. The Labute approximate surface area is 214 Å². The first-order valence-electron chi connectivity index (χ1n) is 11.2. The van der Waals surface area contributed by atoms with Crippen LogP contribution in [-0.4, -0.2) is 27.8 Å². The van der Waals surface area contributed by atoms with E-state index in [9.17, 15) is 18.0 Å². The average molecular weight is 561 g/mol. The minimum absolute atomic E-state index is 0.0841. The van der Waals surface area contributed by atoms with Crippen molar-refractivity contribution in [3.63, 3.8) is 0 Å². The van der Waals surface area contributed by atoms with Crippen molar-refractivity contribution in [3.8, 4) is 5.75 Å². The molecule has 2 aromatic carbocycles. The van der Waals surface area contributed by atoms with E-state index in [1.165, 1.54) is 11.6 Å². The van der Waals surface area contributed by atoms with Crippen molar-refractivity contribution in [2.24, 2.45) is 0 Å². The first-order chi connectivity index (χ1) is 17.1. The second-order valence-electron chi connectivity index (χ2n) is 8.39. The van der Waals surface area contributed by atoms with Gasteiger partial charge in [-0.05, 0) is 68.7 Å². The number of pyridine rings is 1. The van der Waals surface area contributed by atoms with E-state index in [2.05, 4.69) is 31.3 Å². The minimum atomic E-state index is -4.68. The normalized spacial score (nSPS) is 11.6. The van der Waals surface area contributed by atoms with Crippen molar-refractivity contribution >= 4 is 38.4 Å². The number of nitrogens with zero attached hydrogens (tertiary/aromatic N) is 3. The number of methoxy groups -OCH3 is 1. The quantitative estimate of drug-likeness (QED) is 0.272. The fourth-order valence-corrected chi connectivity index (χ4v) is 4.39. The molecular formula is C26H24BrF3N4O2. The van der Waals surface area contributed by atoms with Gasteiger partial charge in [0.15, 0.2) is 0 Å². The SMILES string of the molecule is COc1ccc(CCCn2nc(C)c(NC(=O)c3cc(C(F)(F)F)nc4ccc(Br)cc34)c2C)cc1. The van der Waals surface area contributed by atoms with Gasteiger partial charge in [-0.15, -0.1) is 0 Å². The van der Waals surface area contributed by atoms with Gasteiger partial charge in [-0.3, -0.25) is 9.48 Å². The summed E-state index contributed by atoms with van der Waals surface area (Å²) in [5.74, 6) is 0.143. The number of nitrogens with one attached hydrogen (secondary N) is 1. The van der Waals surface area contributed by atoms with Crippen LogP contribution in [0.15, 0.2) is 53.0 Å². The van der Waals surface area contributed by atoms with Crippen molar-refractivity contribution in [3.05, 3.63) is 81.2 Å². The highest BCUT2D eigenvalue weighted by Crippen LogP contribution is 2.32. The molecule has 10 heteroatoms. The molecule has 188 valence electrons. The summed E-state index contributed by atoms with van der Waals surface area (Å²) < 4.78 is 48.0. The molecule has 2 aromatic heterocycles. The smallest absolute Gasteiger partial charge is 0.433 e. The lowest BCUT2D eigenvalue weighted by Gasteiger charge is -2.13. The number of ether oxygens (including phenoxy) is 1. The molecule has 1 N–H and O–H groups in total. The van der Waals surface area contributed by atoms with E-state index in [0.29, 0.717) is 27.8 Å². The topological polar surface area (TPSA) is 69.0 Å². The summed E-state index contributed by atoms with van der Waals surface area (Å²) in [6.07, 6.45) is -3.03. The Kier molecular flexibility index (Phi) is 7.35. The molecule has 1 amide bonds. The van der Waals surface area contributed by atoms with E-state index in [1.54, 1.807) is 30.8 Å². The van der Waals surface area contributed by atoms with E-state index < -0.39 is 17.8 Å². The van der Waals surface area contributed by atoms with Gasteiger partial charge in [0.2, 0.25) is 0 Å². The number of alkyl halides is 3. The Bertz CT molecular complexity index is 1420. The molecule has 6 nitrogen and oxygen atoms in total. The Hall–Kier alpha value is -3.40. The standard InChI is InChI=1S/C26H24BrF3N4O2/c1-15-24(16(2)34(33-15)12-4-5-17-6-9-19(36-3)10-7-17)32-25(35)21-14-23(26(28,29)30)31-22-11-8-18(27)13-20(21)22/h6-11,13-14H,4-5,12H2,1-3H3,(H,32,35). The van der Waals surface area contributed by atoms with Gasteiger partial charge < -0.3 is 10.1 Å². The highest BCUT2D eigenvalue weighted by atomic mass is 79.9. The summed E-state index contributed by atoms with van der Waals surface area (Å²) in [6.45, 7) is 4.20. The molecule has 0 aliphatic carbocycles. The predicted molar refractivity (Wildman–Crippen MR) is 135 cm³/mol. The molecule has 0 bridgehead atoms.